The molecule has 0 bridgehead atoms. The lowest BCUT2D eigenvalue weighted by atomic mass is 9.85. The molecule has 0 spiro atoms. The summed E-state index contributed by atoms with van der Waals surface area (Å²) in [5.41, 5.74) is 2.63. The van der Waals surface area contributed by atoms with Gasteiger partial charge in [-0.2, -0.15) is 10.2 Å². The van der Waals surface area contributed by atoms with E-state index in [1.54, 1.807) is 21.6 Å². The number of benzene rings is 1. The highest BCUT2D eigenvalue weighted by Crippen LogP contribution is 2.41. The van der Waals surface area contributed by atoms with E-state index in [1.165, 1.54) is 32.1 Å². The van der Waals surface area contributed by atoms with Crippen LogP contribution in [0.5, 0.6) is 0 Å². The second-order valence-electron chi connectivity index (χ2n) is 8.51. The fraction of sp³-hybridized carbons (Fsp3) is 0.455. The average Bonchev–Trinajstić information content (AvgIpc) is 3.15. The Kier molecular flexibility index (Phi) is 3.69. The molecule has 0 atom stereocenters. The van der Waals surface area contributed by atoms with Crippen molar-refractivity contribution in [3.8, 4) is 11.5 Å². The van der Waals surface area contributed by atoms with Crippen molar-refractivity contribution >= 4 is 0 Å². The van der Waals surface area contributed by atoms with Crippen LogP contribution in [0.15, 0.2) is 42.7 Å². The van der Waals surface area contributed by atoms with Crippen LogP contribution in [0.4, 0.5) is 4.39 Å². The zero-order valence-corrected chi connectivity index (χ0v) is 15.8. The molecule has 0 N–H and O–H groups in total. The molecule has 2 aliphatic carbocycles. The van der Waals surface area contributed by atoms with Crippen molar-refractivity contribution in [2.45, 2.75) is 50.0 Å². The Hall–Kier alpha value is -2.47. The van der Waals surface area contributed by atoms with Gasteiger partial charge in [0.1, 0.15) is 11.5 Å². The molecule has 6 rings (SSSR count). The minimum Gasteiger partial charge on any atom is -0.299 e. The lowest BCUT2D eigenvalue weighted by Gasteiger charge is -2.47. The predicted octanol–water partition coefficient (Wildman–Crippen LogP) is 4.03. The quantitative estimate of drug-likeness (QED) is 0.674. The van der Waals surface area contributed by atoms with Gasteiger partial charge in [0.25, 0.3) is 0 Å². The van der Waals surface area contributed by atoms with Crippen LogP contribution in [0.1, 0.15) is 55.2 Å². The van der Waals surface area contributed by atoms with Gasteiger partial charge in [-0.05, 0) is 55.4 Å². The fourth-order valence-corrected chi connectivity index (χ4v) is 4.45. The predicted molar refractivity (Wildman–Crippen MR) is 105 cm³/mol. The van der Waals surface area contributed by atoms with Crippen LogP contribution in [0.2, 0.25) is 0 Å². The van der Waals surface area contributed by atoms with Crippen molar-refractivity contribution in [2.75, 3.05) is 13.1 Å². The molecule has 1 aromatic carbocycles. The Morgan fingerprint density at radius 3 is 2.50 bits per heavy atom. The topological polar surface area (TPSA) is 38.9 Å². The van der Waals surface area contributed by atoms with Crippen LogP contribution in [-0.4, -0.2) is 43.6 Å². The van der Waals surface area contributed by atoms with Gasteiger partial charge < -0.3 is 0 Å². The van der Waals surface area contributed by atoms with Crippen molar-refractivity contribution in [2.24, 2.45) is 0 Å². The van der Waals surface area contributed by atoms with Gasteiger partial charge in [-0.3, -0.25) is 4.90 Å². The summed E-state index contributed by atoms with van der Waals surface area (Å²) in [6, 6.07) is 10.3. The molecule has 1 aliphatic heterocycles. The van der Waals surface area contributed by atoms with Crippen LogP contribution in [0, 0.1) is 5.82 Å². The number of nitrogens with zero attached hydrogens (tertiary/aromatic N) is 5. The molecule has 3 aliphatic rings. The van der Waals surface area contributed by atoms with Gasteiger partial charge in [0.05, 0.1) is 5.69 Å². The van der Waals surface area contributed by atoms with E-state index in [1.807, 2.05) is 24.4 Å². The van der Waals surface area contributed by atoms with E-state index in [-0.39, 0.29) is 5.82 Å². The second-order valence-corrected chi connectivity index (χ2v) is 8.51. The van der Waals surface area contributed by atoms with Crippen molar-refractivity contribution in [1.29, 1.82) is 0 Å². The van der Waals surface area contributed by atoms with Gasteiger partial charge in [-0.1, -0.05) is 12.5 Å². The van der Waals surface area contributed by atoms with Gasteiger partial charge in [-0.25, -0.2) is 13.8 Å². The highest BCUT2D eigenvalue weighted by Gasteiger charge is 2.37. The van der Waals surface area contributed by atoms with E-state index in [2.05, 4.69) is 16.1 Å². The van der Waals surface area contributed by atoms with Crippen LogP contribution in [-0.2, 0) is 0 Å². The first-order chi connectivity index (χ1) is 13.8. The molecule has 2 aromatic heterocycles. The summed E-state index contributed by atoms with van der Waals surface area (Å²) in [5.74, 6) is 1.54. The maximum absolute atomic E-state index is 15.0. The van der Waals surface area contributed by atoms with E-state index >= 15 is 0 Å². The van der Waals surface area contributed by atoms with Crippen molar-refractivity contribution < 1.29 is 4.39 Å². The summed E-state index contributed by atoms with van der Waals surface area (Å²) in [6.07, 6.45) is 9.99. The number of aromatic nitrogens is 4. The standard InChI is InChI=1S/C22H24FN5/c23-19-11-16(15-5-6-15)7-8-21(19)28-22(27-10-2-9-24-27)12-20(25-28)17-13-26(14-17)18-3-1-4-18/h2,7-12,15,17-18H,1,3-6,13-14H2. The Morgan fingerprint density at radius 2 is 1.86 bits per heavy atom. The van der Waals surface area contributed by atoms with Gasteiger partial charge in [-0.15, -0.1) is 0 Å². The Balaban J connectivity index is 1.35. The molecule has 144 valence electrons. The largest absolute Gasteiger partial charge is 0.299 e. The summed E-state index contributed by atoms with van der Waals surface area (Å²) in [4.78, 5) is 2.56. The molecule has 28 heavy (non-hydrogen) atoms. The maximum atomic E-state index is 15.0. The van der Waals surface area contributed by atoms with Crippen LogP contribution >= 0.6 is 0 Å². The smallest absolute Gasteiger partial charge is 0.157 e. The Labute approximate surface area is 163 Å². The van der Waals surface area contributed by atoms with Gasteiger partial charge in [0.2, 0.25) is 0 Å². The highest BCUT2D eigenvalue weighted by atomic mass is 19.1. The number of halogens is 1. The van der Waals surface area contributed by atoms with E-state index in [9.17, 15) is 4.39 Å². The van der Waals surface area contributed by atoms with Gasteiger partial charge in [0, 0.05) is 43.5 Å². The molecule has 0 amide bonds. The maximum Gasteiger partial charge on any atom is 0.157 e. The summed E-state index contributed by atoms with van der Waals surface area (Å²) in [7, 11) is 0. The minimum absolute atomic E-state index is 0.211. The third-order valence-corrected chi connectivity index (χ3v) is 6.62. The summed E-state index contributed by atoms with van der Waals surface area (Å²) < 4.78 is 18.5. The lowest BCUT2D eigenvalue weighted by molar-refractivity contribution is 0.0462. The minimum atomic E-state index is -0.211. The van der Waals surface area contributed by atoms with E-state index in [0.29, 0.717) is 17.5 Å². The van der Waals surface area contributed by atoms with Crippen molar-refractivity contribution in [1.82, 2.24) is 24.5 Å². The molecule has 3 fully saturated rings. The number of hydrogen-bond donors (Lipinski definition) is 0. The van der Waals surface area contributed by atoms with E-state index in [4.69, 9.17) is 5.10 Å². The normalized spacial score (nSPS) is 20.9. The molecule has 0 radical (unpaired) electrons. The Morgan fingerprint density at radius 1 is 1.00 bits per heavy atom. The molecular weight excluding hydrogens is 353 g/mol. The molecular formula is C22H24FN5. The summed E-state index contributed by atoms with van der Waals surface area (Å²) >= 11 is 0. The molecule has 3 aromatic rings. The first kappa shape index (κ1) is 16.5. The van der Waals surface area contributed by atoms with Crippen LogP contribution < -0.4 is 0 Å². The summed E-state index contributed by atoms with van der Waals surface area (Å²) in [5, 5.41) is 9.20. The second kappa shape index (κ2) is 6.27. The van der Waals surface area contributed by atoms with Gasteiger partial charge in [0.15, 0.2) is 5.82 Å². The molecule has 1 saturated heterocycles. The SMILES string of the molecule is Fc1cc(C2CC2)ccc1-n1nc(C2CN(C3CCC3)C2)cc1-n1cccn1. The van der Waals surface area contributed by atoms with Crippen LogP contribution in [0.3, 0.4) is 0 Å². The molecule has 5 nitrogen and oxygen atoms in total. The average molecular weight is 377 g/mol. The molecule has 6 heteroatoms. The Bertz CT molecular complexity index is 994. The number of hydrogen-bond acceptors (Lipinski definition) is 3. The highest BCUT2D eigenvalue weighted by molar-refractivity contribution is 5.44. The van der Waals surface area contributed by atoms with Crippen molar-refractivity contribution in [3.05, 3.63) is 59.8 Å². The molecule has 0 unspecified atom stereocenters. The van der Waals surface area contributed by atoms with E-state index < -0.39 is 0 Å². The molecule has 2 saturated carbocycles. The van der Waals surface area contributed by atoms with Gasteiger partial charge >= 0.3 is 0 Å². The number of rotatable bonds is 5. The first-order valence-electron chi connectivity index (χ1n) is 10.4. The molecule has 3 heterocycles. The fourth-order valence-electron chi connectivity index (χ4n) is 4.45. The zero-order chi connectivity index (χ0) is 18.7. The summed E-state index contributed by atoms with van der Waals surface area (Å²) in [6.45, 7) is 2.12. The lowest BCUT2D eigenvalue weighted by Crippen LogP contribution is -2.53. The zero-order valence-electron chi connectivity index (χ0n) is 15.8. The first-order valence-corrected chi connectivity index (χ1v) is 10.4. The van der Waals surface area contributed by atoms with Crippen LogP contribution in [0.25, 0.3) is 11.5 Å². The third kappa shape index (κ3) is 2.70. The monoisotopic (exact) mass is 377 g/mol. The third-order valence-electron chi connectivity index (χ3n) is 6.62. The number of likely N-dealkylation sites (tertiary alicyclic amines) is 1. The van der Waals surface area contributed by atoms with E-state index in [0.717, 1.165) is 36.2 Å². The van der Waals surface area contributed by atoms with Crippen molar-refractivity contribution in [3.63, 3.8) is 0 Å².